The van der Waals surface area contributed by atoms with E-state index in [1.807, 2.05) is 10.6 Å². The second-order valence-electron chi connectivity index (χ2n) is 9.00. The fraction of sp³-hybridized carbons (Fsp3) is 0.440. The number of aliphatic hydroxyl groups excluding tert-OH is 1. The summed E-state index contributed by atoms with van der Waals surface area (Å²) in [5.41, 5.74) is 7.33. The van der Waals surface area contributed by atoms with Gasteiger partial charge in [0.15, 0.2) is 11.5 Å². The summed E-state index contributed by atoms with van der Waals surface area (Å²) in [6.07, 6.45) is -0.677. The molecule has 196 valence electrons. The first kappa shape index (κ1) is 24.9. The van der Waals surface area contributed by atoms with Crippen molar-refractivity contribution < 1.29 is 24.1 Å². The van der Waals surface area contributed by atoms with Crippen LogP contribution in [0.15, 0.2) is 29.3 Å². The number of rotatable bonds is 7. The number of carbonyl (C=O) groups is 1. The van der Waals surface area contributed by atoms with Crippen molar-refractivity contribution in [3.05, 3.63) is 41.1 Å². The molecule has 2 aliphatic rings. The van der Waals surface area contributed by atoms with Crippen molar-refractivity contribution in [1.82, 2.24) is 19.4 Å². The van der Waals surface area contributed by atoms with Crippen LogP contribution in [0.5, 0.6) is 11.5 Å². The molecule has 12 nitrogen and oxygen atoms in total. The van der Waals surface area contributed by atoms with Gasteiger partial charge in [0.05, 0.1) is 31.6 Å². The highest BCUT2D eigenvalue weighted by atomic mass is 16.5. The molecule has 0 radical (unpaired) electrons. The third-order valence-corrected chi connectivity index (χ3v) is 6.45. The van der Waals surface area contributed by atoms with Crippen LogP contribution in [-0.4, -0.2) is 89.7 Å². The molecule has 37 heavy (non-hydrogen) atoms. The highest BCUT2D eigenvalue weighted by Crippen LogP contribution is 2.37. The van der Waals surface area contributed by atoms with E-state index in [1.165, 1.54) is 7.11 Å². The van der Waals surface area contributed by atoms with Gasteiger partial charge in [0, 0.05) is 38.1 Å². The minimum absolute atomic E-state index is 0.0935. The average Bonchev–Trinajstić information content (AvgIpc) is 3.38. The molecule has 1 amide bonds. The Hall–Kier alpha value is -3.74. The number of anilines is 2. The van der Waals surface area contributed by atoms with Gasteiger partial charge in [-0.05, 0) is 31.2 Å². The number of hydrogen-bond acceptors (Lipinski definition) is 10. The van der Waals surface area contributed by atoms with Crippen molar-refractivity contribution >= 4 is 28.4 Å². The lowest BCUT2D eigenvalue weighted by atomic mass is 10.2. The lowest BCUT2D eigenvalue weighted by Gasteiger charge is -2.28. The molecule has 4 heterocycles. The van der Waals surface area contributed by atoms with Gasteiger partial charge in [-0.1, -0.05) is 0 Å². The third-order valence-electron chi connectivity index (χ3n) is 6.45. The fourth-order valence-electron chi connectivity index (χ4n) is 4.62. The molecule has 1 unspecified atom stereocenters. The zero-order valence-electron chi connectivity index (χ0n) is 20.9. The van der Waals surface area contributed by atoms with Crippen molar-refractivity contribution in [2.75, 3.05) is 64.2 Å². The number of ether oxygens (including phenoxy) is 3. The maximum atomic E-state index is 13.0. The molecule has 3 aromatic rings. The van der Waals surface area contributed by atoms with Gasteiger partial charge in [0.25, 0.3) is 5.91 Å². The van der Waals surface area contributed by atoms with Crippen LogP contribution in [0.2, 0.25) is 0 Å². The van der Waals surface area contributed by atoms with Gasteiger partial charge in [-0.25, -0.2) is 9.97 Å². The van der Waals surface area contributed by atoms with E-state index in [0.717, 1.165) is 24.3 Å². The van der Waals surface area contributed by atoms with Crippen molar-refractivity contribution in [2.24, 2.45) is 4.99 Å². The number of pyridine rings is 1. The predicted molar refractivity (Wildman–Crippen MR) is 137 cm³/mol. The number of morpholine rings is 1. The summed E-state index contributed by atoms with van der Waals surface area (Å²) in [4.78, 5) is 28.4. The number of fused-ring (bicyclic) bond motifs is 3. The first-order valence-corrected chi connectivity index (χ1v) is 12.2. The topological polar surface area (TPSA) is 149 Å². The van der Waals surface area contributed by atoms with Crippen LogP contribution in [0.3, 0.4) is 0 Å². The number of methoxy groups -OCH3 is 1. The first-order valence-electron chi connectivity index (χ1n) is 12.2. The Labute approximate surface area is 213 Å². The van der Waals surface area contributed by atoms with E-state index in [-0.39, 0.29) is 12.2 Å². The van der Waals surface area contributed by atoms with Crippen molar-refractivity contribution in [2.45, 2.75) is 19.6 Å². The number of aryl methyl sites for hydroxylation is 1. The highest BCUT2D eigenvalue weighted by molar-refractivity contribution is 5.97. The predicted octanol–water partition coefficient (Wildman–Crippen LogP) is 0.569. The zero-order chi connectivity index (χ0) is 25.9. The molecule has 4 N–H and O–H groups in total. The number of nitrogen functional groups attached to an aromatic ring is 1. The van der Waals surface area contributed by atoms with E-state index < -0.39 is 12.0 Å². The van der Waals surface area contributed by atoms with Crippen LogP contribution < -0.4 is 26.1 Å². The normalized spacial score (nSPS) is 16.9. The van der Waals surface area contributed by atoms with Crippen LogP contribution in [0.1, 0.15) is 16.1 Å². The average molecular weight is 510 g/mol. The smallest absolute Gasteiger partial charge is 0.282 e. The van der Waals surface area contributed by atoms with Gasteiger partial charge in [-0.3, -0.25) is 14.3 Å². The number of nitrogens with two attached hydrogens (primary N) is 1. The number of aromatic nitrogens is 3. The van der Waals surface area contributed by atoms with Gasteiger partial charge >= 0.3 is 0 Å². The maximum Gasteiger partial charge on any atom is 0.282 e. The Kier molecular flexibility index (Phi) is 7.22. The number of aliphatic hydroxyl groups is 1. The molecule has 5 rings (SSSR count). The summed E-state index contributed by atoms with van der Waals surface area (Å²) in [7, 11) is 1.53. The number of carbonyl (C=O) groups excluding carboxylic acids is 1. The van der Waals surface area contributed by atoms with E-state index in [4.69, 9.17) is 24.9 Å². The number of β-amino-alcohol motifs (C(OH)–C–C–N with tert-alkyl or cyclic N) is 1. The van der Waals surface area contributed by atoms with Crippen molar-refractivity contribution in [3.8, 4) is 11.5 Å². The maximum absolute atomic E-state index is 13.0. The van der Waals surface area contributed by atoms with Gasteiger partial charge in [0.2, 0.25) is 5.62 Å². The standard InChI is InChI=1S/C25H31N7O5/c1-15-17(4-6-20(26)28-15)24(34)30-25-29-21-18(23-27-7-8-32(23)25)3-5-19(22(21)35-2)37-14-16(33)13-31-9-11-36-12-10-31/h3-6,16,27,33H,7-14H2,1-2H3,(H2,26,28). The van der Waals surface area contributed by atoms with Gasteiger partial charge in [-0.15, -0.1) is 0 Å². The second kappa shape index (κ2) is 10.7. The van der Waals surface area contributed by atoms with Crippen molar-refractivity contribution in [1.29, 1.82) is 0 Å². The SMILES string of the molecule is COc1c(OCC(O)CN2CCOCC2)ccc2c3n(c(=NC(=O)c4ccc(N)nc4C)nc12)CCN3. The van der Waals surface area contributed by atoms with E-state index >= 15 is 0 Å². The Morgan fingerprint density at radius 1 is 1.24 bits per heavy atom. The first-order chi connectivity index (χ1) is 17.9. The molecular weight excluding hydrogens is 478 g/mol. The number of amides is 1. The van der Waals surface area contributed by atoms with Crippen LogP contribution in [0.25, 0.3) is 10.9 Å². The second-order valence-corrected chi connectivity index (χ2v) is 9.00. The van der Waals surface area contributed by atoms with Crippen LogP contribution in [0.4, 0.5) is 11.6 Å². The van der Waals surface area contributed by atoms with Crippen LogP contribution in [0, 0.1) is 6.92 Å². The monoisotopic (exact) mass is 509 g/mol. The largest absolute Gasteiger partial charge is 0.491 e. The van der Waals surface area contributed by atoms with E-state index in [9.17, 15) is 9.90 Å². The van der Waals surface area contributed by atoms with E-state index in [1.54, 1.807) is 25.1 Å². The Balaban J connectivity index is 1.47. The summed E-state index contributed by atoms with van der Waals surface area (Å²) < 4.78 is 18.9. The molecule has 0 aliphatic carbocycles. The fourth-order valence-corrected chi connectivity index (χ4v) is 4.62. The van der Waals surface area contributed by atoms with Gasteiger partial charge in [-0.2, -0.15) is 4.99 Å². The highest BCUT2D eigenvalue weighted by Gasteiger charge is 2.22. The minimum atomic E-state index is -0.677. The molecular formula is C25H31N7O5. The summed E-state index contributed by atoms with van der Waals surface area (Å²) >= 11 is 0. The number of benzene rings is 1. The number of nitrogens with one attached hydrogen (secondary N) is 1. The molecule has 2 aliphatic heterocycles. The summed E-state index contributed by atoms with van der Waals surface area (Å²) in [5.74, 6) is 1.52. The summed E-state index contributed by atoms with van der Waals surface area (Å²) in [5, 5.41) is 14.7. The van der Waals surface area contributed by atoms with Gasteiger partial charge < -0.3 is 30.4 Å². The van der Waals surface area contributed by atoms with Gasteiger partial charge in [0.1, 0.15) is 29.9 Å². The molecule has 12 heteroatoms. The molecule has 1 saturated heterocycles. The summed E-state index contributed by atoms with van der Waals surface area (Å²) in [6, 6.07) is 6.88. The third kappa shape index (κ3) is 5.22. The lowest BCUT2D eigenvalue weighted by molar-refractivity contribution is 0.00447. The Bertz CT molecular complexity index is 1380. The van der Waals surface area contributed by atoms with E-state index in [2.05, 4.69) is 20.2 Å². The molecule has 2 aromatic heterocycles. The zero-order valence-corrected chi connectivity index (χ0v) is 20.9. The van der Waals surface area contributed by atoms with Crippen LogP contribution in [-0.2, 0) is 11.3 Å². The van der Waals surface area contributed by atoms with E-state index in [0.29, 0.717) is 66.9 Å². The number of nitrogens with zero attached hydrogens (tertiary/aromatic N) is 5. The quantitative estimate of drug-likeness (QED) is 0.413. The Morgan fingerprint density at radius 3 is 2.81 bits per heavy atom. The molecule has 1 aromatic carbocycles. The Morgan fingerprint density at radius 2 is 2.05 bits per heavy atom. The minimum Gasteiger partial charge on any atom is -0.491 e. The van der Waals surface area contributed by atoms with Crippen LogP contribution >= 0.6 is 0 Å². The molecule has 0 spiro atoms. The molecule has 1 atom stereocenters. The number of hydrogen-bond donors (Lipinski definition) is 3. The molecule has 1 fully saturated rings. The molecule has 0 saturated carbocycles. The lowest BCUT2D eigenvalue weighted by Crippen LogP contribution is -2.42. The van der Waals surface area contributed by atoms with Crippen molar-refractivity contribution in [3.63, 3.8) is 0 Å². The molecule has 0 bridgehead atoms. The summed E-state index contributed by atoms with van der Waals surface area (Å²) in [6.45, 7) is 6.49.